The zero-order valence-corrected chi connectivity index (χ0v) is 39.7. The molecule has 0 aliphatic heterocycles. The van der Waals surface area contributed by atoms with Gasteiger partial charge in [-0.25, -0.2) is 0 Å². The lowest BCUT2D eigenvalue weighted by molar-refractivity contribution is -0.167. The van der Waals surface area contributed by atoms with E-state index in [1.165, 1.54) is 141 Å². The average Bonchev–Trinajstić information content (AvgIpc) is 3.24. The molecular formula is C54H96O6. The van der Waals surface area contributed by atoms with Crippen LogP contribution in [0.5, 0.6) is 0 Å². The van der Waals surface area contributed by atoms with Crippen molar-refractivity contribution in [3.8, 4) is 0 Å². The molecule has 0 bridgehead atoms. The van der Waals surface area contributed by atoms with E-state index >= 15 is 0 Å². The molecule has 0 heterocycles. The second kappa shape index (κ2) is 49.0. The van der Waals surface area contributed by atoms with Gasteiger partial charge < -0.3 is 14.2 Å². The molecule has 0 fully saturated rings. The largest absolute Gasteiger partial charge is 0.462 e. The van der Waals surface area contributed by atoms with Gasteiger partial charge >= 0.3 is 17.9 Å². The van der Waals surface area contributed by atoms with Gasteiger partial charge in [0, 0.05) is 19.3 Å². The molecule has 0 radical (unpaired) electrons. The molecule has 1 unspecified atom stereocenters. The van der Waals surface area contributed by atoms with Crippen LogP contribution >= 0.6 is 0 Å². The minimum absolute atomic E-state index is 0.0902. The molecule has 0 spiro atoms. The predicted octanol–water partition coefficient (Wildman–Crippen LogP) is 16.7. The van der Waals surface area contributed by atoms with Gasteiger partial charge in [-0.3, -0.25) is 14.4 Å². The number of carbonyl (C=O) groups excluding carboxylic acids is 3. The summed E-state index contributed by atoms with van der Waals surface area (Å²) >= 11 is 0. The maximum atomic E-state index is 12.8. The Morgan fingerprint density at radius 2 is 0.633 bits per heavy atom. The molecule has 0 saturated carbocycles. The molecule has 1 atom stereocenters. The summed E-state index contributed by atoms with van der Waals surface area (Å²) in [5.41, 5.74) is 0. The zero-order chi connectivity index (χ0) is 43.7. The molecule has 0 amide bonds. The van der Waals surface area contributed by atoms with E-state index in [9.17, 15) is 14.4 Å². The van der Waals surface area contributed by atoms with Crippen LogP contribution in [-0.4, -0.2) is 37.2 Å². The predicted molar refractivity (Wildman–Crippen MR) is 256 cm³/mol. The number of hydrogen-bond donors (Lipinski definition) is 0. The minimum Gasteiger partial charge on any atom is -0.462 e. The third kappa shape index (κ3) is 46.4. The maximum Gasteiger partial charge on any atom is 0.306 e. The highest BCUT2D eigenvalue weighted by Crippen LogP contribution is 2.15. The van der Waals surface area contributed by atoms with Gasteiger partial charge in [0.2, 0.25) is 0 Å². The van der Waals surface area contributed by atoms with Crippen molar-refractivity contribution in [2.75, 3.05) is 13.2 Å². The molecule has 0 aliphatic carbocycles. The average molecular weight is 841 g/mol. The third-order valence-corrected chi connectivity index (χ3v) is 11.1. The van der Waals surface area contributed by atoms with E-state index < -0.39 is 6.10 Å². The zero-order valence-electron chi connectivity index (χ0n) is 39.7. The summed E-state index contributed by atoms with van der Waals surface area (Å²) in [6, 6.07) is 0. The molecule has 0 saturated heterocycles. The molecule has 0 aromatic heterocycles. The number of ether oxygens (including phenoxy) is 3. The second-order valence-corrected chi connectivity index (χ2v) is 17.1. The third-order valence-electron chi connectivity index (χ3n) is 11.1. The van der Waals surface area contributed by atoms with Crippen molar-refractivity contribution in [2.24, 2.45) is 0 Å². The lowest BCUT2D eigenvalue weighted by Gasteiger charge is -2.18. The molecule has 0 N–H and O–H groups in total. The Hall–Kier alpha value is -2.63. The van der Waals surface area contributed by atoms with Crippen LogP contribution in [-0.2, 0) is 28.6 Å². The highest BCUT2D eigenvalue weighted by molar-refractivity contribution is 5.71. The van der Waals surface area contributed by atoms with Crippen molar-refractivity contribution in [3.63, 3.8) is 0 Å². The molecule has 60 heavy (non-hydrogen) atoms. The van der Waals surface area contributed by atoms with E-state index in [0.29, 0.717) is 25.7 Å². The second-order valence-electron chi connectivity index (χ2n) is 17.1. The monoisotopic (exact) mass is 841 g/mol. The first-order chi connectivity index (χ1) is 29.5. The smallest absolute Gasteiger partial charge is 0.306 e. The highest BCUT2D eigenvalue weighted by Gasteiger charge is 2.19. The Bertz CT molecular complexity index is 1060. The highest BCUT2D eigenvalue weighted by atomic mass is 16.6. The van der Waals surface area contributed by atoms with E-state index in [4.69, 9.17) is 14.2 Å². The summed E-state index contributed by atoms with van der Waals surface area (Å²) in [5, 5.41) is 0. The van der Waals surface area contributed by atoms with Gasteiger partial charge in [0.05, 0.1) is 0 Å². The fourth-order valence-corrected chi connectivity index (χ4v) is 7.21. The molecule has 6 nitrogen and oxygen atoms in total. The number of esters is 3. The van der Waals surface area contributed by atoms with Gasteiger partial charge in [-0.05, 0) is 64.2 Å². The molecule has 0 rings (SSSR count). The first-order valence-corrected chi connectivity index (χ1v) is 25.7. The van der Waals surface area contributed by atoms with E-state index in [2.05, 4.69) is 69.4 Å². The van der Waals surface area contributed by atoms with E-state index in [0.717, 1.165) is 70.6 Å². The molecule has 0 aromatic rings. The van der Waals surface area contributed by atoms with Crippen LogP contribution in [0.25, 0.3) is 0 Å². The first-order valence-electron chi connectivity index (χ1n) is 25.7. The van der Waals surface area contributed by atoms with Crippen LogP contribution in [0.15, 0.2) is 48.6 Å². The van der Waals surface area contributed by atoms with Crippen molar-refractivity contribution >= 4 is 17.9 Å². The Kier molecular flexibility index (Phi) is 46.9. The van der Waals surface area contributed by atoms with Gasteiger partial charge in [-0.2, -0.15) is 0 Å². The normalized spacial score (nSPS) is 12.4. The fraction of sp³-hybridized carbons (Fsp3) is 0.796. The SMILES string of the molecule is CCCCCC/C=C\CCCC(=O)OCC(COC(=O)CCCCCCC\C=C/C=C\C=C/CCCCCCC)OC(=O)CCCCCCCCCCCCCCCCC. The lowest BCUT2D eigenvalue weighted by Crippen LogP contribution is -2.30. The van der Waals surface area contributed by atoms with Crippen molar-refractivity contribution < 1.29 is 28.6 Å². The first kappa shape index (κ1) is 57.4. The summed E-state index contributed by atoms with van der Waals surface area (Å²) < 4.78 is 16.7. The molecule has 0 aromatic carbocycles. The van der Waals surface area contributed by atoms with Crippen LogP contribution in [0, 0.1) is 0 Å². The summed E-state index contributed by atoms with van der Waals surface area (Å²) in [5.74, 6) is -0.937. The van der Waals surface area contributed by atoms with Gasteiger partial charge in [-0.15, -0.1) is 0 Å². The quantitative estimate of drug-likeness (QED) is 0.0200. The Labute approximate surface area is 371 Å². The summed E-state index contributed by atoms with van der Waals surface area (Å²) in [6.07, 6.45) is 58.2. The van der Waals surface area contributed by atoms with Crippen LogP contribution in [0.3, 0.4) is 0 Å². The Morgan fingerprint density at radius 3 is 1.05 bits per heavy atom. The van der Waals surface area contributed by atoms with E-state index in [-0.39, 0.29) is 31.1 Å². The Morgan fingerprint density at radius 1 is 0.333 bits per heavy atom. The summed E-state index contributed by atoms with van der Waals surface area (Å²) in [7, 11) is 0. The van der Waals surface area contributed by atoms with Crippen molar-refractivity contribution in [1.29, 1.82) is 0 Å². The molecular weight excluding hydrogens is 745 g/mol. The van der Waals surface area contributed by atoms with Crippen LogP contribution < -0.4 is 0 Å². The number of unbranched alkanes of at least 4 members (excludes halogenated alkanes) is 29. The number of allylic oxidation sites excluding steroid dienone is 8. The van der Waals surface area contributed by atoms with Gasteiger partial charge in [-0.1, -0.05) is 223 Å². The van der Waals surface area contributed by atoms with Gasteiger partial charge in [0.1, 0.15) is 13.2 Å². The lowest BCUT2D eigenvalue weighted by atomic mass is 10.0. The summed E-state index contributed by atoms with van der Waals surface area (Å²) in [4.78, 5) is 37.8. The molecule has 348 valence electrons. The standard InChI is InChI=1S/C54H96O6/c1-4-7-10-13-16-19-21-23-25-26-27-29-30-32-35-38-41-44-47-53(56)59-50-51(49-58-52(55)46-43-40-37-34-18-15-12-9-6-3)60-54(57)48-45-42-39-36-33-31-28-24-22-20-17-14-11-8-5-2/h21,23,25-27,29,34,37,51H,4-20,22,24,28,30-33,35-36,38-50H2,1-3H3/b23-21-,26-25-,29-27-,37-34-. The maximum absolute atomic E-state index is 12.8. The number of hydrogen-bond acceptors (Lipinski definition) is 6. The van der Waals surface area contributed by atoms with Crippen molar-refractivity contribution in [3.05, 3.63) is 48.6 Å². The van der Waals surface area contributed by atoms with Gasteiger partial charge in [0.25, 0.3) is 0 Å². The number of rotatable bonds is 46. The molecule has 0 aliphatic rings. The van der Waals surface area contributed by atoms with Crippen LogP contribution in [0.1, 0.15) is 258 Å². The topological polar surface area (TPSA) is 78.9 Å². The summed E-state index contributed by atoms with van der Waals surface area (Å²) in [6.45, 7) is 6.56. The van der Waals surface area contributed by atoms with Gasteiger partial charge in [0.15, 0.2) is 6.10 Å². The Balaban J connectivity index is 4.36. The van der Waals surface area contributed by atoms with Crippen LogP contribution in [0.2, 0.25) is 0 Å². The number of carbonyl (C=O) groups is 3. The van der Waals surface area contributed by atoms with E-state index in [1.54, 1.807) is 0 Å². The van der Waals surface area contributed by atoms with Crippen molar-refractivity contribution in [1.82, 2.24) is 0 Å². The van der Waals surface area contributed by atoms with Crippen molar-refractivity contribution in [2.45, 2.75) is 264 Å². The molecule has 6 heteroatoms. The minimum atomic E-state index is -0.788. The van der Waals surface area contributed by atoms with Crippen LogP contribution in [0.4, 0.5) is 0 Å². The fourth-order valence-electron chi connectivity index (χ4n) is 7.21. The van der Waals surface area contributed by atoms with E-state index in [1.807, 2.05) is 0 Å².